The first kappa shape index (κ1) is 20.6. The van der Waals surface area contributed by atoms with Gasteiger partial charge in [0.15, 0.2) is 5.82 Å². The Morgan fingerprint density at radius 3 is 2.36 bits per heavy atom. The van der Waals surface area contributed by atoms with E-state index in [1.807, 2.05) is 10.9 Å². The zero-order valence-corrected chi connectivity index (χ0v) is 17.7. The fourth-order valence-corrected chi connectivity index (χ4v) is 3.68. The monoisotopic (exact) mass is 401 g/mol. The summed E-state index contributed by atoms with van der Waals surface area (Å²) in [4.78, 5) is 4.67. The van der Waals surface area contributed by atoms with E-state index in [1.54, 1.807) is 0 Å². The van der Waals surface area contributed by atoms with Gasteiger partial charge < -0.3 is 10.3 Å². The normalized spacial score (nSPS) is 16.2. The molecule has 0 amide bonds. The molecule has 1 aliphatic rings. The van der Waals surface area contributed by atoms with E-state index in [9.17, 15) is 0 Å². The quantitative estimate of drug-likeness (QED) is 0.688. The fourth-order valence-electron chi connectivity index (χ4n) is 3.68. The predicted octanol–water partition coefficient (Wildman–Crippen LogP) is 4.68. The molecular formula is C21H28ClN5O. The van der Waals surface area contributed by atoms with Crippen molar-refractivity contribution in [2.75, 3.05) is 0 Å². The van der Waals surface area contributed by atoms with Crippen molar-refractivity contribution < 1.29 is 4.52 Å². The number of hydrogen-bond acceptors (Lipinski definition) is 5. The van der Waals surface area contributed by atoms with E-state index < -0.39 is 5.54 Å². The van der Waals surface area contributed by atoms with Crippen LogP contribution in [0, 0.1) is 6.92 Å². The molecule has 6 nitrogen and oxygen atoms in total. The van der Waals surface area contributed by atoms with Gasteiger partial charge in [-0.3, -0.25) is 0 Å². The summed E-state index contributed by atoms with van der Waals surface area (Å²) >= 11 is 0. The van der Waals surface area contributed by atoms with E-state index in [0.29, 0.717) is 11.7 Å². The zero-order chi connectivity index (χ0) is 19.2. The number of rotatable bonds is 3. The van der Waals surface area contributed by atoms with Gasteiger partial charge in [-0.25, -0.2) is 4.68 Å². The second kappa shape index (κ2) is 7.33. The topological polar surface area (TPSA) is 82.8 Å². The van der Waals surface area contributed by atoms with Gasteiger partial charge in [0.05, 0.1) is 22.5 Å². The Morgan fingerprint density at radius 1 is 1.11 bits per heavy atom. The van der Waals surface area contributed by atoms with Crippen molar-refractivity contribution in [3.05, 3.63) is 47.5 Å². The van der Waals surface area contributed by atoms with Crippen molar-refractivity contribution in [2.24, 2.45) is 5.73 Å². The number of nitrogens with two attached hydrogens (primary N) is 1. The molecule has 0 radical (unpaired) electrons. The van der Waals surface area contributed by atoms with Crippen molar-refractivity contribution in [1.29, 1.82) is 0 Å². The maximum absolute atomic E-state index is 6.50. The second-order valence-corrected chi connectivity index (χ2v) is 8.71. The molecule has 0 atom stereocenters. The first-order valence-electron chi connectivity index (χ1n) is 9.57. The third-order valence-electron chi connectivity index (χ3n) is 5.32. The van der Waals surface area contributed by atoms with E-state index in [2.05, 4.69) is 62.1 Å². The molecule has 2 aromatic heterocycles. The Bertz CT molecular complexity index is 946. The third-order valence-corrected chi connectivity index (χ3v) is 5.32. The molecule has 0 aliphatic heterocycles. The SMILES string of the molecule is Cc1ccc(-n2cc(-c3nc(C4(N)CCCC4)no3)c(C(C)(C)C)n2)cc1.Cl. The van der Waals surface area contributed by atoms with Crippen molar-refractivity contribution in [3.63, 3.8) is 0 Å². The standard InChI is InChI=1S/C21H27N5O.ClH/c1-14-7-9-15(10-8-14)26-13-16(17(24-26)20(2,3)4)18-23-19(25-27-18)21(22)11-5-6-12-21;/h7-10,13H,5-6,11-12,22H2,1-4H3;1H. The van der Waals surface area contributed by atoms with Crippen LogP contribution in [0.1, 0.15) is 63.5 Å². The molecule has 3 aromatic rings. The van der Waals surface area contributed by atoms with E-state index in [-0.39, 0.29) is 17.8 Å². The van der Waals surface area contributed by atoms with Crippen LogP contribution in [0.4, 0.5) is 0 Å². The van der Waals surface area contributed by atoms with Gasteiger partial charge in [0, 0.05) is 11.6 Å². The Hall–Kier alpha value is -2.18. The summed E-state index contributed by atoms with van der Waals surface area (Å²) in [5, 5.41) is 9.05. The fraction of sp³-hybridized carbons (Fsp3) is 0.476. The van der Waals surface area contributed by atoms with Crippen LogP contribution in [0.5, 0.6) is 0 Å². The summed E-state index contributed by atoms with van der Waals surface area (Å²) in [6.45, 7) is 8.48. The van der Waals surface area contributed by atoms with Gasteiger partial charge in [-0.1, -0.05) is 56.5 Å². The predicted molar refractivity (Wildman–Crippen MR) is 112 cm³/mol. The van der Waals surface area contributed by atoms with Crippen molar-refractivity contribution in [3.8, 4) is 17.1 Å². The highest BCUT2D eigenvalue weighted by molar-refractivity contribution is 5.85. The molecule has 1 aliphatic carbocycles. The summed E-state index contributed by atoms with van der Waals surface area (Å²) in [5.74, 6) is 1.10. The highest BCUT2D eigenvalue weighted by Gasteiger charge is 2.37. The van der Waals surface area contributed by atoms with Crippen LogP contribution >= 0.6 is 12.4 Å². The van der Waals surface area contributed by atoms with Crippen LogP contribution in [-0.2, 0) is 11.0 Å². The first-order chi connectivity index (χ1) is 12.8. The highest BCUT2D eigenvalue weighted by Crippen LogP contribution is 2.37. The largest absolute Gasteiger partial charge is 0.334 e. The van der Waals surface area contributed by atoms with Crippen LogP contribution in [0.25, 0.3) is 17.1 Å². The Kier molecular flexibility index (Phi) is 5.38. The number of halogens is 1. The van der Waals surface area contributed by atoms with Crippen molar-refractivity contribution >= 4 is 12.4 Å². The molecule has 0 spiro atoms. The van der Waals surface area contributed by atoms with E-state index >= 15 is 0 Å². The van der Waals surface area contributed by atoms with Gasteiger partial charge in [0.25, 0.3) is 5.89 Å². The number of aromatic nitrogens is 4. The van der Waals surface area contributed by atoms with Crippen LogP contribution in [0.2, 0.25) is 0 Å². The van der Waals surface area contributed by atoms with Gasteiger partial charge in [0.1, 0.15) is 0 Å². The molecule has 0 saturated heterocycles. The molecule has 1 fully saturated rings. The minimum absolute atomic E-state index is 0. The van der Waals surface area contributed by atoms with Crippen LogP contribution < -0.4 is 5.73 Å². The Labute approximate surface area is 171 Å². The molecule has 4 rings (SSSR count). The van der Waals surface area contributed by atoms with Gasteiger partial charge in [-0.2, -0.15) is 10.1 Å². The summed E-state index contributed by atoms with van der Waals surface area (Å²) in [6.07, 6.45) is 6.00. The minimum atomic E-state index is -0.462. The van der Waals surface area contributed by atoms with E-state index in [4.69, 9.17) is 15.4 Å². The summed E-state index contributed by atoms with van der Waals surface area (Å²) in [7, 11) is 0. The van der Waals surface area contributed by atoms with Crippen LogP contribution in [0.15, 0.2) is 35.0 Å². The van der Waals surface area contributed by atoms with Crippen LogP contribution in [0.3, 0.4) is 0 Å². The number of aryl methyl sites for hydroxylation is 1. The summed E-state index contributed by atoms with van der Waals surface area (Å²) in [6, 6.07) is 8.28. The van der Waals surface area contributed by atoms with E-state index in [1.165, 1.54) is 5.56 Å². The molecule has 2 N–H and O–H groups in total. The van der Waals surface area contributed by atoms with Gasteiger partial charge >= 0.3 is 0 Å². The first-order valence-corrected chi connectivity index (χ1v) is 9.57. The van der Waals surface area contributed by atoms with Gasteiger partial charge in [-0.15, -0.1) is 12.4 Å². The molecule has 1 aromatic carbocycles. The Morgan fingerprint density at radius 2 is 1.75 bits per heavy atom. The number of benzene rings is 1. The Balaban J connectivity index is 0.00000225. The van der Waals surface area contributed by atoms with E-state index in [0.717, 1.165) is 42.6 Å². The van der Waals surface area contributed by atoms with Crippen LogP contribution in [-0.4, -0.2) is 19.9 Å². The third kappa shape index (κ3) is 3.71. The van der Waals surface area contributed by atoms with Gasteiger partial charge in [0.2, 0.25) is 0 Å². The number of hydrogen-bond donors (Lipinski definition) is 1. The molecular weight excluding hydrogens is 374 g/mol. The van der Waals surface area contributed by atoms with Crippen molar-refractivity contribution in [1.82, 2.24) is 19.9 Å². The highest BCUT2D eigenvalue weighted by atomic mass is 35.5. The maximum Gasteiger partial charge on any atom is 0.261 e. The zero-order valence-electron chi connectivity index (χ0n) is 16.9. The lowest BCUT2D eigenvalue weighted by Crippen LogP contribution is -2.34. The molecule has 2 heterocycles. The average molecular weight is 402 g/mol. The lowest BCUT2D eigenvalue weighted by Gasteiger charge is -2.18. The smallest absolute Gasteiger partial charge is 0.261 e. The average Bonchev–Trinajstić information content (AvgIpc) is 3.33. The van der Waals surface area contributed by atoms with Crippen molar-refractivity contribution in [2.45, 2.75) is 64.3 Å². The molecule has 28 heavy (non-hydrogen) atoms. The summed E-state index contributed by atoms with van der Waals surface area (Å²) in [5.41, 5.74) is 9.89. The molecule has 0 bridgehead atoms. The minimum Gasteiger partial charge on any atom is -0.334 e. The molecule has 150 valence electrons. The maximum atomic E-state index is 6.50. The molecule has 7 heteroatoms. The lowest BCUT2D eigenvalue weighted by atomic mass is 9.89. The summed E-state index contributed by atoms with van der Waals surface area (Å²) < 4.78 is 7.52. The van der Waals surface area contributed by atoms with Gasteiger partial charge in [-0.05, 0) is 31.9 Å². The lowest BCUT2D eigenvalue weighted by molar-refractivity contribution is 0.372. The molecule has 1 saturated carbocycles. The molecule has 0 unspecified atom stereocenters. The second-order valence-electron chi connectivity index (χ2n) is 8.71. The number of nitrogens with zero attached hydrogens (tertiary/aromatic N) is 4.